The molecule has 2 unspecified atom stereocenters. The molecule has 5 rings (SSSR count). The van der Waals surface area contributed by atoms with Gasteiger partial charge in [-0.15, -0.1) is 0 Å². The van der Waals surface area contributed by atoms with Gasteiger partial charge in [0.15, 0.2) is 5.82 Å². The van der Waals surface area contributed by atoms with Crippen LogP contribution in [0.5, 0.6) is 5.75 Å². The number of ether oxygens (including phenoxy) is 1. The van der Waals surface area contributed by atoms with E-state index < -0.39 is 29.9 Å². The molecule has 0 aliphatic rings. The Morgan fingerprint density at radius 1 is 0.764 bits per heavy atom. The van der Waals surface area contributed by atoms with Gasteiger partial charge >= 0.3 is 5.97 Å². The molecule has 0 radical (unpaired) electrons. The van der Waals surface area contributed by atoms with Crippen molar-refractivity contribution in [2.24, 2.45) is 0 Å². The average molecular weight is 742 g/mol. The molecule has 10 heteroatoms. The Hall–Kier alpha value is -5.90. The number of nitrogens with zero attached hydrogens (tertiary/aromatic N) is 3. The molecule has 55 heavy (non-hydrogen) atoms. The smallest absolute Gasteiger partial charge is 0.305 e. The van der Waals surface area contributed by atoms with Crippen LogP contribution in [0.25, 0.3) is 22.5 Å². The van der Waals surface area contributed by atoms with Crippen LogP contribution in [-0.2, 0) is 21.4 Å². The SMILES string of the molecule is CCCCCCCOc1ccc(-c2cnc(-c3ccc(CC(NC(=O)c4ccc(C(C)(C)C)cc4)C(=O)NC(CC(=O)O)c4cccnc4)cc3)nc2)cc1. The number of carboxylic acid groups (broad SMARTS) is 1. The highest BCUT2D eigenvalue weighted by Gasteiger charge is 2.27. The van der Waals surface area contributed by atoms with Gasteiger partial charge in [0.1, 0.15) is 11.8 Å². The fourth-order valence-electron chi connectivity index (χ4n) is 6.14. The molecule has 2 heterocycles. The van der Waals surface area contributed by atoms with Crippen molar-refractivity contribution in [1.82, 2.24) is 25.6 Å². The number of hydrogen-bond donors (Lipinski definition) is 3. The number of aromatic nitrogens is 3. The molecule has 3 N–H and O–H groups in total. The summed E-state index contributed by atoms with van der Waals surface area (Å²) in [4.78, 5) is 52.4. The molecule has 0 aliphatic heterocycles. The number of carbonyl (C=O) groups excluding carboxylic acids is 2. The van der Waals surface area contributed by atoms with Crippen molar-refractivity contribution >= 4 is 17.8 Å². The lowest BCUT2D eigenvalue weighted by Gasteiger charge is -2.23. The summed E-state index contributed by atoms with van der Waals surface area (Å²) in [6.45, 7) is 9.21. The van der Waals surface area contributed by atoms with Crippen molar-refractivity contribution < 1.29 is 24.2 Å². The Kier molecular flexibility index (Phi) is 14.2. The van der Waals surface area contributed by atoms with Gasteiger partial charge in [-0.2, -0.15) is 0 Å². The number of unbranched alkanes of at least 4 members (excludes halogenated alkanes) is 4. The lowest BCUT2D eigenvalue weighted by molar-refractivity contribution is -0.137. The molecule has 286 valence electrons. The fourth-order valence-corrected chi connectivity index (χ4v) is 6.14. The van der Waals surface area contributed by atoms with E-state index in [-0.39, 0.29) is 18.3 Å². The van der Waals surface area contributed by atoms with Crippen LogP contribution < -0.4 is 15.4 Å². The summed E-state index contributed by atoms with van der Waals surface area (Å²) < 4.78 is 5.90. The third-order valence-electron chi connectivity index (χ3n) is 9.43. The molecular weight excluding hydrogens is 691 g/mol. The summed E-state index contributed by atoms with van der Waals surface area (Å²) in [5, 5.41) is 15.3. The Balaban J connectivity index is 1.27. The molecule has 2 atom stereocenters. The van der Waals surface area contributed by atoms with E-state index in [0.717, 1.165) is 40.0 Å². The molecule has 0 fully saturated rings. The number of amides is 2. The van der Waals surface area contributed by atoms with E-state index in [1.54, 1.807) is 42.9 Å². The van der Waals surface area contributed by atoms with Gasteiger partial charge in [0.2, 0.25) is 5.91 Å². The minimum atomic E-state index is -1.08. The average Bonchev–Trinajstić information content (AvgIpc) is 3.19. The minimum absolute atomic E-state index is 0.0865. The number of hydrogen-bond acceptors (Lipinski definition) is 7. The van der Waals surface area contributed by atoms with Gasteiger partial charge in [-0.3, -0.25) is 19.4 Å². The van der Waals surface area contributed by atoms with Crippen molar-refractivity contribution in [1.29, 1.82) is 0 Å². The van der Waals surface area contributed by atoms with Crippen LogP contribution in [0.4, 0.5) is 0 Å². The van der Waals surface area contributed by atoms with Gasteiger partial charge in [-0.25, -0.2) is 9.97 Å². The number of carbonyl (C=O) groups is 3. The first-order valence-electron chi connectivity index (χ1n) is 19.0. The maximum atomic E-state index is 13.8. The number of nitrogens with one attached hydrogen (secondary N) is 2. The number of carboxylic acids is 1. The normalized spacial score (nSPS) is 12.4. The molecule has 5 aromatic rings. The monoisotopic (exact) mass is 741 g/mol. The maximum absolute atomic E-state index is 13.8. The second kappa shape index (κ2) is 19.4. The molecule has 0 saturated carbocycles. The van der Waals surface area contributed by atoms with Gasteiger partial charge in [0, 0.05) is 47.9 Å². The number of pyridine rings is 1. The molecule has 3 aromatic carbocycles. The first kappa shape index (κ1) is 40.3. The highest BCUT2D eigenvalue weighted by molar-refractivity contribution is 5.97. The summed E-state index contributed by atoms with van der Waals surface area (Å²) in [6, 6.07) is 24.3. The van der Waals surface area contributed by atoms with Gasteiger partial charge in [-0.1, -0.05) is 108 Å². The predicted molar refractivity (Wildman–Crippen MR) is 215 cm³/mol. The van der Waals surface area contributed by atoms with Crippen molar-refractivity contribution in [3.05, 3.63) is 132 Å². The molecule has 0 saturated heterocycles. The zero-order valence-corrected chi connectivity index (χ0v) is 32.1. The van der Waals surface area contributed by atoms with Gasteiger partial charge in [-0.05, 0) is 64.4 Å². The van der Waals surface area contributed by atoms with Crippen molar-refractivity contribution in [3.8, 4) is 28.3 Å². The highest BCUT2D eigenvalue weighted by Crippen LogP contribution is 2.25. The van der Waals surface area contributed by atoms with Gasteiger partial charge < -0.3 is 20.5 Å². The zero-order chi connectivity index (χ0) is 39.2. The Morgan fingerprint density at radius 3 is 2.05 bits per heavy atom. The molecular formula is C45H51N5O5. The van der Waals surface area contributed by atoms with Crippen LogP contribution in [0.15, 0.2) is 110 Å². The van der Waals surface area contributed by atoms with E-state index in [2.05, 4.69) is 53.3 Å². The van der Waals surface area contributed by atoms with Crippen molar-refractivity contribution in [2.45, 2.75) is 90.1 Å². The first-order chi connectivity index (χ1) is 26.5. The molecule has 2 aromatic heterocycles. The lowest BCUT2D eigenvalue weighted by atomic mass is 9.86. The van der Waals surface area contributed by atoms with Crippen LogP contribution in [0.3, 0.4) is 0 Å². The summed E-state index contributed by atoms with van der Waals surface area (Å²) >= 11 is 0. The summed E-state index contributed by atoms with van der Waals surface area (Å²) in [5.41, 5.74) is 5.40. The predicted octanol–water partition coefficient (Wildman–Crippen LogP) is 8.53. The van der Waals surface area contributed by atoms with Gasteiger partial charge in [0.05, 0.1) is 19.1 Å². The van der Waals surface area contributed by atoms with Crippen LogP contribution >= 0.6 is 0 Å². The Morgan fingerprint density at radius 2 is 1.44 bits per heavy atom. The Bertz CT molecular complexity index is 1980. The fraction of sp³-hybridized carbons (Fsp3) is 0.333. The van der Waals surface area contributed by atoms with Crippen LogP contribution in [0, 0.1) is 0 Å². The molecule has 10 nitrogen and oxygen atoms in total. The Labute approximate surface area is 323 Å². The third-order valence-corrected chi connectivity index (χ3v) is 9.43. The van der Waals surface area contributed by atoms with E-state index in [1.807, 2.05) is 60.7 Å². The maximum Gasteiger partial charge on any atom is 0.305 e. The van der Waals surface area contributed by atoms with Gasteiger partial charge in [0.25, 0.3) is 5.91 Å². The topological polar surface area (TPSA) is 143 Å². The highest BCUT2D eigenvalue weighted by atomic mass is 16.5. The quantitative estimate of drug-likeness (QED) is 0.0759. The summed E-state index contributed by atoms with van der Waals surface area (Å²) in [5.74, 6) is -0.612. The zero-order valence-electron chi connectivity index (χ0n) is 32.1. The van der Waals surface area contributed by atoms with E-state index in [1.165, 1.54) is 31.9 Å². The number of benzene rings is 3. The third kappa shape index (κ3) is 12.1. The second-order valence-electron chi connectivity index (χ2n) is 14.8. The standard InChI is InChI=1S/C45H51N5O5/c1-5-6-7-8-9-25-55-38-22-18-32(19-23-38)36-29-47-42(48-30-36)33-14-12-31(13-15-33)26-40(50-43(53)34-16-20-37(21-17-34)45(2,3)4)44(54)49-39(27-41(51)52)35-11-10-24-46-28-35/h10-24,28-30,39-40H,5-9,25-27H2,1-4H3,(H,49,54)(H,50,53)(H,51,52). The van der Waals surface area contributed by atoms with E-state index in [0.29, 0.717) is 23.6 Å². The largest absolute Gasteiger partial charge is 0.494 e. The molecule has 0 aliphatic carbocycles. The summed E-state index contributed by atoms with van der Waals surface area (Å²) in [6.07, 6.45) is 12.5. The van der Waals surface area contributed by atoms with Crippen molar-refractivity contribution in [3.63, 3.8) is 0 Å². The molecule has 0 bridgehead atoms. The van der Waals surface area contributed by atoms with Crippen LogP contribution in [-0.4, -0.2) is 50.5 Å². The van der Waals surface area contributed by atoms with Crippen LogP contribution in [0.1, 0.15) is 99.3 Å². The minimum Gasteiger partial charge on any atom is -0.494 e. The molecule has 2 amide bonds. The van der Waals surface area contributed by atoms with Crippen molar-refractivity contribution in [2.75, 3.05) is 6.61 Å². The van der Waals surface area contributed by atoms with E-state index >= 15 is 0 Å². The number of aliphatic carboxylic acids is 1. The lowest BCUT2D eigenvalue weighted by Crippen LogP contribution is -2.49. The van der Waals surface area contributed by atoms with E-state index in [9.17, 15) is 19.5 Å². The first-order valence-corrected chi connectivity index (χ1v) is 19.0. The van der Waals surface area contributed by atoms with E-state index in [4.69, 9.17) is 4.74 Å². The second-order valence-corrected chi connectivity index (χ2v) is 14.8. The summed E-state index contributed by atoms with van der Waals surface area (Å²) in [7, 11) is 0. The number of rotatable bonds is 18. The van der Waals surface area contributed by atoms with Crippen LogP contribution in [0.2, 0.25) is 0 Å². The molecule has 0 spiro atoms.